The van der Waals surface area contributed by atoms with Crippen LogP contribution in [-0.4, -0.2) is 14.5 Å². The van der Waals surface area contributed by atoms with E-state index < -0.39 is 0 Å². The number of para-hydroxylation sites is 1. The Labute approximate surface area is 172 Å². The van der Waals surface area contributed by atoms with Crippen LogP contribution in [0.1, 0.15) is 37.5 Å². The van der Waals surface area contributed by atoms with Crippen molar-refractivity contribution >= 4 is 22.7 Å². The second kappa shape index (κ2) is 7.87. The highest BCUT2D eigenvalue weighted by molar-refractivity contribution is 7.98. The van der Waals surface area contributed by atoms with Gasteiger partial charge in [-0.1, -0.05) is 54.9 Å². The molecular weight excluding hydrogens is 382 g/mol. The molecule has 5 nitrogen and oxygen atoms in total. The monoisotopic (exact) mass is 403 g/mol. The Balaban J connectivity index is 1.46. The lowest BCUT2D eigenvalue weighted by Gasteiger charge is -2.18. The Morgan fingerprint density at radius 2 is 1.79 bits per heavy atom. The molecule has 0 atom stereocenters. The zero-order valence-corrected chi connectivity index (χ0v) is 16.8. The molecule has 0 N–H and O–H groups in total. The van der Waals surface area contributed by atoms with E-state index in [0.29, 0.717) is 17.0 Å². The molecule has 0 spiro atoms. The number of fused-ring (bicyclic) bond motifs is 1. The topological polar surface area (TPSA) is 60.9 Å². The van der Waals surface area contributed by atoms with E-state index >= 15 is 0 Å². The van der Waals surface area contributed by atoms with Crippen LogP contribution < -0.4 is 5.56 Å². The Kier molecular flexibility index (Phi) is 4.94. The van der Waals surface area contributed by atoms with Gasteiger partial charge in [-0.25, -0.2) is 9.97 Å². The number of aromatic nitrogens is 3. The summed E-state index contributed by atoms with van der Waals surface area (Å²) in [5.41, 5.74) is 1.76. The van der Waals surface area contributed by atoms with Gasteiger partial charge in [-0.2, -0.15) is 0 Å². The molecule has 0 bridgehead atoms. The molecule has 5 rings (SSSR count). The fourth-order valence-corrected chi connectivity index (χ4v) is 4.87. The maximum Gasteiger partial charge on any atom is 0.262 e. The van der Waals surface area contributed by atoms with Gasteiger partial charge in [-0.05, 0) is 37.1 Å². The third-order valence-electron chi connectivity index (χ3n) is 5.38. The zero-order valence-electron chi connectivity index (χ0n) is 16.0. The zero-order chi connectivity index (χ0) is 19.6. The molecule has 2 aromatic carbocycles. The first-order chi connectivity index (χ1) is 14.3. The minimum Gasteiger partial charge on any atom is -0.440 e. The molecule has 0 aliphatic heterocycles. The predicted molar refractivity (Wildman–Crippen MR) is 115 cm³/mol. The summed E-state index contributed by atoms with van der Waals surface area (Å²) in [6.45, 7) is 0. The van der Waals surface area contributed by atoms with Crippen LogP contribution in [0.5, 0.6) is 0 Å². The van der Waals surface area contributed by atoms with Gasteiger partial charge in [-0.15, -0.1) is 0 Å². The van der Waals surface area contributed by atoms with Crippen LogP contribution in [0.2, 0.25) is 0 Å². The van der Waals surface area contributed by atoms with Crippen LogP contribution >= 0.6 is 11.8 Å². The molecule has 1 fully saturated rings. The normalized spacial score (nSPS) is 14.6. The smallest absolute Gasteiger partial charge is 0.262 e. The summed E-state index contributed by atoms with van der Waals surface area (Å²) in [5.74, 6) is 1.97. The fourth-order valence-electron chi connectivity index (χ4n) is 3.94. The molecule has 0 unspecified atom stereocenters. The Hall–Kier alpha value is -2.86. The molecule has 4 aromatic rings. The minimum atomic E-state index is 0.0625. The molecule has 146 valence electrons. The molecule has 0 amide bonds. The summed E-state index contributed by atoms with van der Waals surface area (Å²) in [6.07, 6.45) is 6.16. The van der Waals surface area contributed by atoms with E-state index in [4.69, 9.17) is 9.40 Å². The summed E-state index contributed by atoms with van der Waals surface area (Å²) >= 11 is 1.54. The van der Waals surface area contributed by atoms with Gasteiger partial charge in [0.25, 0.3) is 5.56 Å². The lowest BCUT2D eigenvalue weighted by Crippen LogP contribution is -2.26. The standard InChI is InChI=1S/C23H21N3O2S/c27-22-19-12-6-7-13-20(19)25-23(26(22)17-10-4-5-11-17)29-15-18-14-24-21(28-18)16-8-2-1-3-9-16/h1-3,6-9,12-14,17H,4-5,10-11,15H2. The first-order valence-electron chi connectivity index (χ1n) is 9.94. The number of benzene rings is 2. The van der Waals surface area contributed by atoms with E-state index in [1.54, 1.807) is 18.0 Å². The molecule has 2 heterocycles. The first-order valence-corrected chi connectivity index (χ1v) is 10.9. The predicted octanol–water partition coefficient (Wildman–Crippen LogP) is 5.46. The van der Waals surface area contributed by atoms with Crippen molar-refractivity contribution in [3.8, 4) is 11.5 Å². The fraction of sp³-hybridized carbons (Fsp3) is 0.261. The van der Waals surface area contributed by atoms with Gasteiger partial charge in [0.05, 0.1) is 22.9 Å². The second-order valence-electron chi connectivity index (χ2n) is 7.31. The van der Waals surface area contributed by atoms with E-state index in [1.165, 1.54) is 0 Å². The molecule has 29 heavy (non-hydrogen) atoms. The van der Waals surface area contributed by atoms with E-state index in [-0.39, 0.29) is 11.6 Å². The first kappa shape index (κ1) is 18.2. The highest BCUT2D eigenvalue weighted by Crippen LogP contribution is 2.33. The van der Waals surface area contributed by atoms with Crippen molar-refractivity contribution in [2.45, 2.75) is 42.6 Å². The Bertz CT molecular complexity index is 1190. The second-order valence-corrected chi connectivity index (χ2v) is 8.25. The molecule has 6 heteroatoms. The molecule has 0 radical (unpaired) electrons. The van der Waals surface area contributed by atoms with Crippen molar-refractivity contribution in [2.24, 2.45) is 0 Å². The van der Waals surface area contributed by atoms with E-state index in [9.17, 15) is 4.79 Å². The molecular formula is C23H21N3O2S. The van der Waals surface area contributed by atoms with Gasteiger partial charge < -0.3 is 4.42 Å². The maximum atomic E-state index is 13.2. The van der Waals surface area contributed by atoms with Crippen LogP contribution in [0.15, 0.2) is 75.2 Å². The Morgan fingerprint density at radius 3 is 2.62 bits per heavy atom. The molecule has 0 saturated heterocycles. The summed E-state index contributed by atoms with van der Waals surface area (Å²) in [4.78, 5) is 22.4. The van der Waals surface area contributed by atoms with Crippen molar-refractivity contribution < 1.29 is 4.42 Å². The Morgan fingerprint density at radius 1 is 1.03 bits per heavy atom. The number of rotatable bonds is 5. The quantitative estimate of drug-likeness (QED) is 0.327. The van der Waals surface area contributed by atoms with Gasteiger partial charge in [0, 0.05) is 11.6 Å². The van der Waals surface area contributed by atoms with Crippen molar-refractivity contribution in [3.63, 3.8) is 0 Å². The van der Waals surface area contributed by atoms with Crippen molar-refractivity contribution in [1.29, 1.82) is 0 Å². The van der Waals surface area contributed by atoms with Gasteiger partial charge in [0.1, 0.15) is 5.76 Å². The number of nitrogens with zero attached hydrogens (tertiary/aromatic N) is 3. The maximum absolute atomic E-state index is 13.2. The molecule has 1 saturated carbocycles. The summed E-state index contributed by atoms with van der Waals surface area (Å²) in [7, 11) is 0. The van der Waals surface area contributed by atoms with Crippen LogP contribution in [0.3, 0.4) is 0 Å². The van der Waals surface area contributed by atoms with E-state index in [2.05, 4.69) is 4.98 Å². The highest BCUT2D eigenvalue weighted by Gasteiger charge is 2.23. The van der Waals surface area contributed by atoms with Gasteiger partial charge in [0.15, 0.2) is 5.16 Å². The minimum absolute atomic E-state index is 0.0625. The lowest BCUT2D eigenvalue weighted by molar-refractivity contribution is 0.457. The van der Waals surface area contributed by atoms with Crippen LogP contribution in [0, 0.1) is 0 Å². The van der Waals surface area contributed by atoms with E-state index in [1.807, 2.05) is 59.2 Å². The van der Waals surface area contributed by atoms with Crippen molar-refractivity contribution in [2.75, 3.05) is 0 Å². The van der Waals surface area contributed by atoms with Crippen LogP contribution in [0.25, 0.3) is 22.4 Å². The largest absolute Gasteiger partial charge is 0.440 e. The lowest BCUT2D eigenvalue weighted by atomic mass is 10.2. The summed E-state index contributed by atoms with van der Waals surface area (Å²) in [6, 6.07) is 17.7. The highest BCUT2D eigenvalue weighted by atomic mass is 32.2. The third kappa shape index (κ3) is 3.60. The third-order valence-corrected chi connectivity index (χ3v) is 6.36. The molecule has 1 aliphatic carbocycles. The van der Waals surface area contributed by atoms with E-state index in [0.717, 1.165) is 47.7 Å². The number of hydrogen-bond acceptors (Lipinski definition) is 5. The van der Waals surface area contributed by atoms with Crippen LogP contribution in [-0.2, 0) is 5.75 Å². The summed E-state index contributed by atoms with van der Waals surface area (Å²) in [5, 5.41) is 1.45. The van der Waals surface area contributed by atoms with Gasteiger partial charge in [-0.3, -0.25) is 9.36 Å². The molecule has 2 aromatic heterocycles. The van der Waals surface area contributed by atoms with Gasteiger partial charge in [0.2, 0.25) is 5.89 Å². The van der Waals surface area contributed by atoms with Gasteiger partial charge >= 0.3 is 0 Å². The average Bonchev–Trinajstić information content (AvgIpc) is 3.45. The van der Waals surface area contributed by atoms with Crippen LogP contribution in [0.4, 0.5) is 0 Å². The molecule has 1 aliphatic rings. The van der Waals surface area contributed by atoms with Crippen molar-refractivity contribution in [3.05, 3.63) is 76.9 Å². The van der Waals surface area contributed by atoms with Crippen molar-refractivity contribution in [1.82, 2.24) is 14.5 Å². The number of thioether (sulfide) groups is 1. The number of oxazole rings is 1. The summed E-state index contributed by atoms with van der Waals surface area (Å²) < 4.78 is 7.84. The SMILES string of the molecule is O=c1c2ccccc2nc(SCc2cnc(-c3ccccc3)o2)n1C1CCCC1. The number of hydrogen-bond donors (Lipinski definition) is 0. The average molecular weight is 404 g/mol.